The maximum atomic E-state index is 13.4. The van der Waals surface area contributed by atoms with Gasteiger partial charge in [0.2, 0.25) is 5.78 Å². The van der Waals surface area contributed by atoms with Crippen LogP contribution in [0.15, 0.2) is 54.7 Å². The standard InChI is InChI=1S/C17H12F2N4/c1-22-15(12-3-2-4-14(19)9-12)10-23-17(22)20-16(21-23)11-5-7-13(18)8-6-11/h2-10H,1H3. The summed E-state index contributed by atoms with van der Waals surface area (Å²) in [6.07, 6.45) is 1.80. The maximum Gasteiger partial charge on any atom is 0.233 e. The molecule has 2 aromatic carbocycles. The second-order valence-electron chi connectivity index (χ2n) is 5.27. The predicted molar refractivity (Wildman–Crippen MR) is 82.7 cm³/mol. The van der Waals surface area contributed by atoms with E-state index in [2.05, 4.69) is 10.1 Å². The number of halogens is 2. The molecular formula is C17H12F2N4. The van der Waals surface area contributed by atoms with Gasteiger partial charge < -0.3 is 4.57 Å². The molecule has 0 aliphatic rings. The van der Waals surface area contributed by atoms with Gasteiger partial charge in [-0.2, -0.15) is 4.98 Å². The smallest absolute Gasteiger partial charge is 0.233 e. The molecule has 2 heterocycles. The van der Waals surface area contributed by atoms with Crippen LogP contribution in [0.4, 0.5) is 8.78 Å². The first-order chi connectivity index (χ1) is 11.1. The monoisotopic (exact) mass is 310 g/mol. The lowest BCUT2D eigenvalue weighted by Crippen LogP contribution is -1.93. The number of fused-ring (bicyclic) bond motifs is 1. The molecule has 114 valence electrons. The van der Waals surface area contributed by atoms with Crippen LogP contribution in [0.5, 0.6) is 0 Å². The number of aryl methyl sites for hydroxylation is 1. The fraction of sp³-hybridized carbons (Fsp3) is 0.0588. The van der Waals surface area contributed by atoms with Crippen LogP contribution in [-0.4, -0.2) is 19.2 Å². The van der Waals surface area contributed by atoms with E-state index in [0.29, 0.717) is 11.6 Å². The summed E-state index contributed by atoms with van der Waals surface area (Å²) in [4.78, 5) is 4.48. The summed E-state index contributed by atoms with van der Waals surface area (Å²) in [5.74, 6) is 0.553. The number of imidazole rings is 1. The van der Waals surface area contributed by atoms with Crippen LogP contribution >= 0.6 is 0 Å². The van der Waals surface area contributed by atoms with Crippen molar-refractivity contribution in [2.75, 3.05) is 0 Å². The van der Waals surface area contributed by atoms with Gasteiger partial charge in [0.25, 0.3) is 0 Å². The summed E-state index contributed by atoms with van der Waals surface area (Å²) in [5, 5.41) is 4.41. The Kier molecular flexibility index (Phi) is 2.97. The minimum atomic E-state index is -0.300. The van der Waals surface area contributed by atoms with Gasteiger partial charge in [0.15, 0.2) is 5.82 Å². The number of nitrogens with zero attached hydrogens (tertiary/aromatic N) is 4. The van der Waals surface area contributed by atoms with Gasteiger partial charge in [-0.3, -0.25) is 0 Å². The number of benzene rings is 2. The Labute approximate surface area is 130 Å². The molecule has 0 bridgehead atoms. The van der Waals surface area contributed by atoms with Crippen molar-refractivity contribution in [1.29, 1.82) is 0 Å². The third kappa shape index (κ3) is 2.28. The molecular weight excluding hydrogens is 298 g/mol. The van der Waals surface area contributed by atoms with Gasteiger partial charge in [-0.15, -0.1) is 5.10 Å². The lowest BCUT2D eigenvalue weighted by Gasteiger charge is -2.02. The van der Waals surface area contributed by atoms with E-state index < -0.39 is 0 Å². The molecule has 0 amide bonds. The fourth-order valence-electron chi connectivity index (χ4n) is 2.58. The molecule has 0 saturated carbocycles. The predicted octanol–water partition coefficient (Wildman–Crippen LogP) is 3.68. The highest BCUT2D eigenvalue weighted by Crippen LogP contribution is 2.24. The zero-order valence-corrected chi connectivity index (χ0v) is 12.2. The molecule has 4 rings (SSSR count). The van der Waals surface area contributed by atoms with Crippen LogP contribution < -0.4 is 0 Å². The van der Waals surface area contributed by atoms with E-state index in [0.717, 1.165) is 16.8 Å². The quantitative estimate of drug-likeness (QED) is 0.566. The number of rotatable bonds is 2. The topological polar surface area (TPSA) is 35.1 Å². The second kappa shape index (κ2) is 5.01. The highest BCUT2D eigenvalue weighted by molar-refractivity contribution is 5.64. The van der Waals surface area contributed by atoms with E-state index in [4.69, 9.17) is 0 Å². The van der Waals surface area contributed by atoms with E-state index in [1.54, 1.807) is 28.9 Å². The van der Waals surface area contributed by atoms with E-state index in [1.165, 1.54) is 24.3 Å². The number of hydrogen-bond acceptors (Lipinski definition) is 2. The van der Waals surface area contributed by atoms with Crippen molar-refractivity contribution in [3.8, 4) is 22.6 Å². The van der Waals surface area contributed by atoms with Crippen molar-refractivity contribution < 1.29 is 8.78 Å². The molecule has 0 spiro atoms. The summed E-state index contributed by atoms with van der Waals surface area (Å²) < 4.78 is 29.9. The van der Waals surface area contributed by atoms with Gasteiger partial charge in [-0.25, -0.2) is 13.3 Å². The number of aromatic nitrogens is 4. The molecule has 4 aromatic rings. The minimum absolute atomic E-state index is 0.290. The van der Waals surface area contributed by atoms with Crippen LogP contribution in [-0.2, 0) is 7.05 Å². The van der Waals surface area contributed by atoms with Crippen LogP contribution in [0, 0.1) is 11.6 Å². The summed E-state index contributed by atoms with van der Waals surface area (Å²) in [5.41, 5.74) is 2.30. The molecule has 6 heteroatoms. The molecule has 0 saturated heterocycles. The Hall–Kier alpha value is -3.02. The van der Waals surface area contributed by atoms with Crippen molar-refractivity contribution in [3.63, 3.8) is 0 Å². The van der Waals surface area contributed by atoms with Crippen molar-refractivity contribution >= 4 is 5.78 Å². The van der Waals surface area contributed by atoms with Crippen molar-refractivity contribution in [2.45, 2.75) is 0 Å². The molecule has 0 aliphatic carbocycles. The van der Waals surface area contributed by atoms with Crippen molar-refractivity contribution in [2.24, 2.45) is 7.05 Å². The van der Waals surface area contributed by atoms with E-state index in [9.17, 15) is 8.78 Å². The fourth-order valence-corrected chi connectivity index (χ4v) is 2.58. The summed E-state index contributed by atoms with van der Waals surface area (Å²) >= 11 is 0. The first-order valence-corrected chi connectivity index (χ1v) is 7.06. The largest absolute Gasteiger partial charge is 0.311 e. The first kappa shape index (κ1) is 13.6. The molecule has 23 heavy (non-hydrogen) atoms. The van der Waals surface area contributed by atoms with Crippen LogP contribution in [0.25, 0.3) is 28.4 Å². The third-order valence-corrected chi connectivity index (χ3v) is 3.74. The van der Waals surface area contributed by atoms with Gasteiger partial charge in [0.05, 0.1) is 11.9 Å². The second-order valence-corrected chi connectivity index (χ2v) is 5.27. The van der Waals surface area contributed by atoms with Gasteiger partial charge in [-0.05, 0) is 36.4 Å². The average Bonchev–Trinajstić information content (AvgIpc) is 3.08. The van der Waals surface area contributed by atoms with Gasteiger partial charge in [-0.1, -0.05) is 12.1 Å². The zero-order chi connectivity index (χ0) is 16.0. The molecule has 0 fully saturated rings. The van der Waals surface area contributed by atoms with E-state index in [1.807, 2.05) is 17.7 Å². The lowest BCUT2D eigenvalue weighted by atomic mass is 10.1. The molecule has 2 aromatic heterocycles. The van der Waals surface area contributed by atoms with Crippen molar-refractivity contribution in [1.82, 2.24) is 19.2 Å². The SMILES string of the molecule is Cn1c(-c2cccc(F)c2)cn2nc(-c3ccc(F)cc3)nc12. The highest BCUT2D eigenvalue weighted by Gasteiger charge is 2.14. The molecule has 0 N–H and O–H groups in total. The summed E-state index contributed by atoms with van der Waals surface area (Å²) in [7, 11) is 1.85. The Morgan fingerprint density at radius 3 is 2.39 bits per heavy atom. The Bertz CT molecular complexity index is 999. The summed E-state index contributed by atoms with van der Waals surface area (Å²) in [6.45, 7) is 0. The third-order valence-electron chi connectivity index (χ3n) is 3.74. The minimum Gasteiger partial charge on any atom is -0.311 e. The first-order valence-electron chi connectivity index (χ1n) is 7.06. The van der Waals surface area contributed by atoms with Gasteiger partial charge >= 0.3 is 0 Å². The van der Waals surface area contributed by atoms with Crippen molar-refractivity contribution in [3.05, 3.63) is 66.4 Å². The van der Waals surface area contributed by atoms with E-state index >= 15 is 0 Å². The molecule has 0 atom stereocenters. The van der Waals surface area contributed by atoms with Crippen LogP contribution in [0.1, 0.15) is 0 Å². The molecule has 0 aliphatic heterocycles. The maximum absolute atomic E-state index is 13.4. The van der Waals surface area contributed by atoms with E-state index in [-0.39, 0.29) is 11.6 Å². The Balaban J connectivity index is 1.81. The average molecular weight is 310 g/mol. The van der Waals surface area contributed by atoms with Gasteiger partial charge in [0.1, 0.15) is 11.6 Å². The zero-order valence-electron chi connectivity index (χ0n) is 12.2. The van der Waals surface area contributed by atoms with Crippen LogP contribution in [0.3, 0.4) is 0 Å². The Morgan fingerprint density at radius 2 is 1.70 bits per heavy atom. The molecule has 4 nitrogen and oxygen atoms in total. The molecule has 0 radical (unpaired) electrons. The highest BCUT2D eigenvalue weighted by atomic mass is 19.1. The van der Waals surface area contributed by atoms with Crippen LogP contribution in [0.2, 0.25) is 0 Å². The Morgan fingerprint density at radius 1 is 0.913 bits per heavy atom. The normalized spacial score (nSPS) is 11.3. The number of hydrogen-bond donors (Lipinski definition) is 0. The molecule has 0 unspecified atom stereocenters. The summed E-state index contributed by atoms with van der Waals surface area (Å²) in [6, 6.07) is 12.4. The van der Waals surface area contributed by atoms with Gasteiger partial charge in [0, 0.05) is 18.2 Å². The lowest BCUT2D eigenvalue weighted by molar-refractivity contribution is 0.627.